The third-order valence-electron chi connectivity index (χ3n) is 2.06. The van der Waals surface area contributed by atoms with Crippen molar-refractivity contribution in [3.63, 3.8) is 0 Å². The number of thiocarbonyl (C=S) groups is 1. The van der Waals surface area contributed by atoms with Crippen LogP contribution in [0.4, 0.5) is 0 Å². The van der Waals surface area contributed by atoms with Gasteiger partial charge in [0.15, 0.2) is 0 Å². The highest BCUT2D eigenvalue weighted by Gasteiger charge is 2.00. The van der Waals surface area contributed by atoms with E-state index in [1.165, 1.54) is 0 Å². The molecule has 0 amide bonds. The van der Waals surface area contributed by atoms with Gasteiger partial charge in [0.1, 0.15) is 4.99 Å². The van der Waals surface area contributed by atoms with Crippen LogP contribution in [0.15, 0.2) is 36.4 Å². The lowest BCUT2D eigenvalue weighted by atomic mass is 10.2. The number of nitrogens with one attached hydrogen (secondary N) is 1. The second-order valence-corrected chi connectivity index (χ2v) is 3.38. The number of rotatable bonds is 1. The molecule has 0 aliphatic carbocycles. The molecule has 0 saturated heterocycles. The van der Waals surface area contributed by atoms with Crippen molar-refractivity contribution in [2.45, 2.75) is 0 Å². The Morgan fingerprint density at radius 1 is 1.21 bits per heavy atom. The molecular weight excluding hydrogens is 192 g/mol. The first-order chi connectivity index (χ1) is 6.81. The molecule has 1 aromatic carbocycles. The van der Waals surface area contributed by atoms with Crippen LogP contribution >= 0.6 is 12.2 Å². The van der Waals surface area contributed by atoms with Crippen molar-refractivity contribution in [3.05, 3.63) is 42.1 Å². The van der Waals surface area contributed by atoms with Crippen LogP contribution in [0.2, 0.25) is 0 Å². The molecule has 70 valence electrons. The topological polar surface area (TPSA) is 24.9 Å². The fourth-order valence-electron chi connectivity index (χ4n) is 1.32. The zero-order valence-electron chi connectivity index (χ0n) is 7.82. The van der Waals surface area contributed by atoms with Gasteiger partial charge in [-0.15, -0.1) is 0 Å². The van der Waals surface area contributed by atoms with E-state index in [2.05, 4.69) is 10.3 Å². The summed E-state index contributed by atoms with van der Waals surface area (Å²) >= 11 is 5.11. The van der Waals surface area contributed by atoms with Crippen molar-refractivity contribution < 1.29 is 0 Å². The van der Waals surface area contributed by atoms with Crippen LogP contribution in [0, 0.1) is 0 Å². The minimum absolute atomic E-state index is 0.677. The molecule has 0 fully saturated rings. The Balaban J connectivity index is 2.56. The summed E-state index contributed by atoms with van der Waals surface area (Å²) in [5.41, 5.74) is 1.80. The number of para-hydroxylation sites is 1. The minimum Gasteiger partial charge on any atom is -0.378 e. The number of hydrogen-bond donors (Lipinski definition) is 1. The number of aromatic nitrogens is 1. The van der Waals surface area contributed by atoms with E-state index >= 15 is 0 Å². The largest absolute Gasteiger partial charge is 0.378 e. The molecule has 0 saturated carbocycles. The lowest BCUT2D eigenvalue weighted by Crippen LogP contribution is -2.17. The van der Waals surface area contributed by atoms with Gasteiger partial charge in [0, 0.05) is 12.4 Å². The van der Waals surface area contributed by atoms with Gasteiger partial charge in [-0.25, -0.2) is 4.98 Å². The Morgan fingerprint density at radius 2 is 2.00 bits per heavy atom. The normalized spacial score (nSPS) is 10.1. The van der Waals surface area contributed by atoms with Crippen LogP contribution < -0.4 is 5.32 Å². The van der Waals surface area contributed by atoms with Crippen LogP contribution in [0.1, 0.15) is 5.69 Å². The van der Waals surface area contributed by atoms with Crippen molar-refractivity contribution in [1.82, 2.24) is 10.3 Å². The maximum atomic E-state index is 5.11. The second kappa shape index (κ2) is 3.72. The van der Waals surface area contributed by atoms with E-state index in [0.29, 0.717) is 4.99 Å². The smallest absolute Gasteiger partial charge is 0.125 e. The van der Waals surface area contributed by atoms with Gasteiger partial charge < -0.3 is 5.32 Å². The van der Waals surface area contributed by atoms with Crippen LogP contribution in [0.3, 0.4) is 0 Å². The molecule has 0 aliphatic heterocycles. The second-order valence-electron chi connectivity index (χ2n) is 2.97. The Morgan fingerprint density at radius 3 is 2.79 bits per heavy atom. The van der Waals surface area contributed by atoms with Crippen molar-refractivity contribution in [2.75, 3.05) is 7.05 Å². The van der Waals surface area contributed by atoms with E-state index in [9.17, 15) is 0 Å². The highest BCUT2D eigenvalue weighted by molar-refractivity contribution is 7.80. The van der Waals surface area contributed by atoms with Gasteiger partial charge >= 0.3 is 0 Å². The van der Waals surface area contributed by atoms with Crippen molar-refractivity contribution in [3.8, 4) is 0 Å². The van der Waals surface area contributed by atoms with Crippen molar-refractivity contribution in [1.29, 1.82) is 0 Å². The average molecular weight is 202 g/mol. The van der Waals surface area contributed by atoms with Gasteiger partial charge in [-0.2, -0.15) is 0 Å². The first kappa shape index (κ1) is 9.09. The molecule has 0 atom stereocenters. The summed E-state index contributed by atoms with van der Waals surface area (Å²) in [5.74, 6) is 0. The molecule has 0 unspecified atom stereocenters. The predicted octanol–water partition coefficient (Wildman–Crippen LogP) is 2.13. The average Bonchev–Trinajstić information content (AvgIpc) is 2.27. The van der Waals surface area contributed by atoms with Gasteiger partial charge in [0.2, 0.25) is 0 Å². The minimum atomic E-state index is 0.677. The summed E-state index contributed by atoms with van der Waals surface area (Å²) in [6, 6.07) is 12.0. The van der Waals surface area contributed by atoms with Crippen LogP contribution in [-0.4, -0.2) is 17.0 Å². The molecule has 0 bridgehead atoms. The van der Waals surface area contributed by atoms with Crippen LogP contribution in [0.25, 0.3) is 10.9 Å². The SMILES string of the molecule is CNC(=S)c1ccc2ccccc2n1. The summed E-state index contributed by atoms with van der Waals surface area (Å²) < 4.78 is 0. The first-order valence-corrected chi connectivity index (χ1v) is 4.80. The number of pyridine rings is 1. The van der Waals surface area contributed by atoms with Crippen LogP contribution in [-0.2, 0) is 0 Å². The summed E-state index contributed by atoms with van der Waals surface area (Å²) in [5, 5.41) is 4.05. The van der Waals surface area contributed by atoms with Gasteiger partial charge in [-0.1, -0.05) is 36.5 Å². The Labute approximate surface area is 88.0 Å². The van der Waals surface area contributed by atoms with E-state index in [4.69, 9.17) is 12.2 Å². The number of fused-ring (bicyclic) bond motifs is 1. The fraction of sp³-hybridized carbons (Fsp3) is 0.0909. The third kappa shape index (κ3) is 1.59. The molecule has 1 aromatic heterocycles. The van der Waals surface area contributed by atoms with Gasteiger partial charge in [-0.05, 0) is 12.1 Å². The first-order valence-electron chi connectivity index (χ1n) is 4.39. The lowest BCUT2D eigenvalue weighted by Gasteiger charge is -2.03. The Hall–Kier alpha value is -1.48. The summed E-state index contributed by atoms with van der Waals surface area (Å²) in [6.07, 6.45) is 0. The molecule has 0 spiro atoms. The Bertz CT molecular complexity index is 479. The fourth-order valence-corrected chi connectivity index (χ4v) is 1.43. The maximum Gasteiger partial charge on any atom is 0.125 e. The number of benzene rings is 1. The van der Waals surface area contributed by atoms with Gasteiger partial charge in [-0.3, -0.25) is 0 Å². The van der Waals surface area contributed by atoms with E-state index in [-0.39, 0.29) is 0 Å². The monoisotopic (exact) mass is 202 g/mol. The molecule has 0 radical (unpaired) electrons. The summed E-state index contributed by atoms with van der Waals surface area (Å²) in [6.45, 7) is 0. The highest BCUT2D eigenvalue weighted by atomic mass is 32.1. The van der Waals surface area contributed by atoms with E-state index in [1.54, 1.807) is 7.05 Å². The summed E-state index contributed by atoms with van der Waals surface area (Å²) in [7, 11) is 1.80. The predicted molar refractivity (Wildman–Crippen MR) is 62.5 cm³/mol. The molecule has 2 aromatic rings. The van der Waals surface area contributed by atoms with E-state index in [0.717, 1.165) is 16.6 Å². The highest BCUT2D eigenvalue weighted by Crippen LogP contribution is 2.11. The quantitative estimate of drug-likeness (QED) is 0.717. The zero-order valence-corrected chi connectivity index (χ0v) is 8.64. The van der Waals surface area contributed by atoms with Crippen molar-refractivity contribution >= 4 is 28.1 Å². The maximum absolute atomic E-state index is 5.11. The Kier molecular flexibility index (Phi) is 2.41. The molecular formula is C11H10N2S. The molecule has 14 heavy (non-hydrogen) atoms. The molecule has 2 rings (SSSR count). The summed E-state index contributed by atoms with van der Waals surface area (Å²) in [4.78, 5) is 5.12. The van der Waals surface area contributed by atoms with Gasteiger partial charge in [0.25, 0.3) is 0 Å². The molecule has 3 heteroatoms. The molecule has 1 N–H and O–H groups in total. The molecule has 2 nitrogen and oxygen atoms in total. The third-order valence-corrected chi connectivity index (χ3v) is 2.47. The lowest BCUT2D eigenvalue weighted by molar-refractivity contribution is 1.18. The van der Waals surface area contributed by atoms with Gasteiger partial charge in [0.05, 0.1) is 11.2 Å². The molecule has 1 heterocycles. The number of hydrogen-bond acceptors (Lipinski definition) is 2. The van der Waals surface area contributed by atoms with Crippen molar-refractivity contribution in [2.24, 2.45) is 0 Å². The standard InChI is InChI=1S/C11H10N2S/c1-12-11(14)10-7-6-8-4-2-3-5-9(8)13-10/h2-7H,1H3,(H,12,14). The number of nitrogens with zero attached hydrogens (tertiary/aromatic N) is 1. The van der Waals surface area contributed by atoms with E-state index < -0.39 is 0 Å². The molecule has 0 aliphatic rings. The van der Waals surface area contributed by atoms with E-state index in [1.807, 2.05) is 36.4 Å². The van der Waals surface area contributed by atoms with Crippen LogP contribution in [0.5, 0.6) is 0 Å². The zero-order chi connectivity index (χ0) is 9.97.